The third-order valence-corrected chi connectivity index (χ3v) is 3.26. The van der Waals surface area contributed by atoms with E-state index < -0.39 is 23.4 Å². The fourth-order valence-corrected chi connectivity index (χ4v) is 2.32. The van der Waals surface area contributed by atoms with Gasteiger partial charge in [0.25, 0.3) is 0 Å². The Balaban J connectivity index is 2.20. The summed E-state index contributed by atoms with van der Waals surface area (Å²) in [5, 5.41) is 12.5. The molecule has 3 heterocycles. The average molecular weight is 336 g/mol. The van der Waals surface area contributed by atoms with Crippen LogP contribution in [0.3, 0.4) is 0 Å². The van der Waals surface area contributed by atoms with Gasteiger partial charge in [-0.1, -0.05) is 0 Å². The Hall–Kier alpha value is -3.39. The number of nitrogens with zero attached hydrogens (tertiary/aromatic N) is 4. The minimum atomic E-state index is -4.94. The average Bonchev–Trinajstić information content (AvgIpc) is 2.99. The van der Waals surface area contributed by atoms with E-state index in [1.54, 1.807) is 5.94 Å². The summed E-state index contributed by atoms with van der Waals surface area (Å²) in [6, 6.07) is 0. The quantitative estimate of drug-likeness (QED) is 0.834. The van der Waals surface area contributed by atoms with Crippen LogP contribution < -0.4 is 0 Å². The highest BCUT2D eigenvalue weighted by Crippen LogP contribution is 2.37. The van der Waals surface area contributed by atoms with Gasteiger partial charge in [-0.15, -0.1) is 0 Å². The molecule has 0 spiro atoms. The van der Waals surface area contributed by atoms with E-state index in [2.05, 4.69) is 10.1 Å². The number of allylic oxidation sites excluding steroid dienone is 4. The van der Waals surface area contributed by atoms with Crippen LogP contribution in [0, 0.1) is 0 Å². The van der Waals surface area contributed by atoms with E-state index in [9.17, 15) is 22.8 Å². The summed E-state index contributed by atoms with van der Waals surface area (Å²) in [7, 11) is 0. The molecule has 10 heteroatoms. The molecule has 0 fully saturated rings. The number of carbonyl (C=O) groups excluding carboxylic acids is 1. The largest absolute Gasteiger partial charge is 0.478 e. The van der Waals surface area contributed by atoms with Crippen molar-refractivity contribution >= 4 is 23.8 Å². The van der Waals surface area contributed by atoms with Crippen molar-refractivity contribution in [2.45, 2.75) is 6.18 Å². The number of aromatic carboxylic acids is 1. The number of alkyl halides is 3. The number of aliphatic imine (C=N–C) groups is 1. The van der Waals surface area contributed by atoms with Crippen molar-refractivity contribution in [1.29, 1.82) is 0 Å². The van der Waals surface area contributed by atoms with E-state index in [4.69, 9.17) is 5.11 Å². The Bertz CT molecular complexity index is 899. The standard InChI is InChI=1S/C14H7F3N4O3/c15-14(16,17)12-8(13(23)24)6-19-21(12)10-2-1-5-20-9(10)3-4-18-11(20)7-22/h1-6H,(H,23,24). The zero-order valence-electron chi connectivity index (χ0n) is 11.7. The maximum atomic E-state index is 13.3. The highest BCUT2D eigenvalue weighted by Gasteiger charge is 2.42. The van der Waals surface area contributed by atoms with E-state index in [1.807, 2.05) is 0 Å². The fraction of sp³-hybridized carbons (Fsp3) is 0.0714. The highest BCUT2D eigenvalue weighted by atomic mass is 19.4. The Labute approximate surface area is 132 Å². The van der Waals surface area contributed by atoms with Gasteiger partial charge >= 0.3 is 12.1 Å². The predicted octanol–water partition coefficient (Wildman–Crippen LogP) is 1.91. The molecule has 0 bridgehead atoms. The molecular weight excluding hydrogens is 329 g/mol. The molecule has 1 aromatic heterocycles. The van der Waals surface area contributed by atoms with E-state index in [-0.39, 0.29) is 17.2 Å². The Morgan fingerprint density at radius 2 is 2.00 bits per heavy atom. The Kier molecular flexibility index (Phi) is 3.46. The first-order valence-corrected chi connectivity index (χ1v) is 6.41. The number of carboxylic acid groups (broad SMARTS) is 1. The van der Waals surface area contributed by atoms with Crippen molar-refractivity contribution in [2.24, 2.45) is 4.99 Å². The van der Waals surface area contributed by atoms with Gasteiger partial charge < -0.3 is 5.11 Å². The summed E-state index contributed by atoms with van der Waals surface area (Å²) in [5.41, 5.74) is -2.27. The third-order valence-electron chi connectivity index (χ3n) is 3.26. The lowest BCUT2D eigenvalue weighted by Crippen LogP contribution is -2.26. The van der Waals surface area contributed by atoms with Gasteiger partial charge in [0.05, 0.1) is 17.6 Å². The Morgan fingerprint density at radius 1 is 1.25 bits per heavy atom. The molecule has 0 radical (unpaired) electrons. The van der Waals surface area contributed by atoms with Gasteiger partial charge in [0, 0.05) is 12.4 Å². The molecule has 3 rings (SSSR count). The Morgan fingerprint density at radius 3 is 2.62 bits per heavy atom. The molecule has 1 aromatic rings. The molecule has 7 nitrogen and oxygen atoms in total. The van der Waals surface area contributed by atoms with Gasteiger partial charge in [-0.3, -0.25) is 4.90 Å². The van der Waals surface area contributed by atoms with Gasteiger partial charge in [-0.25, -0.2) is 19.3 Å². The van der Waals surface area contributed by atoms with Crippen LogP contribution in [0.1, 0.15) is 16.1 Å². The number of halogens is 3. The zero-order chi connectivity index (χ0) is 17.5. The van der Waals surface area contributed by atoms with E-state index in [0.717, 1.165) is 0 Å². The lowest BCUT2D eigenvalue weighted by atomic mass is 10.1. The second kappa shape index (κ2) is 5.36. The smallest absolute Gasteiger partial charge is 0.434 e. The molecule has 24 heavy (non-hydrogen) atoms. The second-order valence-electron chi connectivity index (χ2n) is 4.64. The van der Waals surface area contributed by atoms with E-state index in [0.29, 0.717) is 10.9 Å². The van der Waals surface area contributed by atoms with Crippen molar-refractivity contribution in [1.82, 2.24) is 14.7 Å². The summed E-state index contributed by atoms with van der Waals surface area (Å²) >= 11 is 0. The monoisotopic (exact) mass is 336 g/mol. The fourth-order valence-electron chi connectivity index (χ4n) is 2.32. The summed E-state index contributed by atoms with van der Waals surface area (Å²) in [4.78, 5) is 26.9. The van der Waals surface area contributed by atoms with Crippen molar-refractivity contribution < 1.29 is 27.9 Å². The van der Waals surface area contributed by atoms with E-state index in [1.165, 1.54) is 35.5 Å². The predicted molar refractivity (Wildman–Crippen MR) is 75.2 cm³/mol. The minimum Gasteiger partial charge on any atom is -0.478 e. The molecule has 2 aliphatic rings. The third kappa shape index (κ3) is 2.34. The highest BCUT2D eigenvalue weighted by molar-refractivity contribution is 5.90. The number of rotatable bonds is 2. The first-order valence-electron chi connectivity index (χ1n) is 6.41. The number of hydrogen-bond donors (Lipinski definition) is 1. The molecule has 0 saturated heterocycles. The first kappa shape index (κ1) is 15.5. The first-order chi connectivity index (χ1) is 11.3. The number of aromatic nitrogens is 2. The van der Waals surface area contributed by atoms with Gasteiger partial charge in [0.1, 0.15) is 5.56 Å². The van der Waals surface area contributed by atoms with Crippen LogP contribution in [0.4, 0.5) is 13.2 Å². The number of carbonyl (C=O) groups is 1. The van der Waals surface area contributed by atoms with Crippen LogP contribution in [0.15, 0.2) is 47.1 Å². The summed E-state index contributed by atoms with van der Waals surface area (Å²) < 4.78 is 40.5. The topological polar surface area (TPSA) is 87.8 Å². The van der Waals surface area contributed by atoms with Crippen molar-refractivity contribution in [3.8, 4) is 0 Å². The lowest BCUT2D eigenvalue weighted by molar-refractivity contribution is -0.143. The summed E-state index contributed by atoms with van der Waals surface area (Å²) in [5.74, 6) is -0.317. The molecule has 0 aromatic carbocycles. The van der Waals surface area contributed by atoms with Gasteiger partial charge in [-0.2, -0.15) is 18.3 Å². The SMILES string of the molecule is O=C=C1N=CC=C2C(n3ncc(C(=O)O)c3C(F)(F)F)=CC=CN12. The minimum absolute atomic E-state index is 0.0591. The molecule has 0 saturated carbocycles. The molecular formula is C14H7F3N4O3. The maximum Gasteiger partial charge on any atom is 0.434 e. The van der Waals surface area contributed by atoms with Gasteiger partial charge in [0.15, 0.2) is 11.6 Å². The lowest BCUT2D eigenvalue weighted by Gasteiger charge is -2.28. The van der Waals surface area contributed by atoms with Crippen LogP contribution >= 0.6 is 0 Å². The second-order valence-corrected chi connectivity index (χ2v) is 4.64. The zero-order valence-corrected chi connectivity index (χ0v) is 11.7. The van der Waals surface area contributed by atoms with Crippen LogP contribution in [-0.2, 0) is 11.0 Å². The van der Waals surface area contributed by atoms with Crippen molar-refractivity contribution in [3.63, 3.8) is 0 Å². The van der Waals surface area contributed by atoms with Gasteiger partial charge in [-0.05, 0) is 18.2 Å². The molecule has 1 N–H and O–H groups in total. The van der Waals surface area contributed by atoms with Crippen LogP contribution in [0.5, 0.6) is 0 Å². The molecule has 2 aliphatic heterocycles. The summed E-state index contributed by atoms with van der Waals surface area (Å²) in [6.07, 6.45) is 2.41. The molecule has 122 valence electrons. The van der Waals surface area contributed by atoms with Crippen LogP contribution in [0.2, 0.25) is 0 Å². The number of fused-ring (bicyclic) bond motifs is 1. The van der Waals surface area contributed by atoms with Crippen molar-refractivity contribution in [2.75, 3.05) is 0 Å². The number of carboxylic acids is 1. The van der Waals surface area contributed by atoms with Crippen LogP contribution in [-0.4, -0.2) is 37.9 Å². The normalized spacial score (nSPS) is 16.5. The van der Waals surface area contributed by atoms with Crippen molar-refractivity contribution in [3.05, 3.63) is 53.4 Å². The summed E-state index contributed by atoms with van der Waals surface area (Å²) in [6.45, 7) is 0. The number of hydrogen-bond acceptors (Lipinski definition) is 5. The van der Waals surface area contributed by atoms with E-state index >= 15 is 0 Å². The van der Waals surface area contributed by atoms with Crippen LogP contribution in [0.25, 0.3) is 5.70 Å². The van der Waals surface area contributed by atoms with Gasteiger partial charge in [0.2, 0.25) is 5.82 Å². The molecule has 0 unspecified atom stereocenters. The maximum absolute atomic E-state index is 13.3. The molecule has 0 aliphatic carbocycles. The molecule has 0 amide bonds. The molecule has 0 atom stereocenters.